The summed E-state index contributed by atoms with van der Waals surface area (Å²) in [6.07, 6.45) is 6.84. The Bertz CT molecular complexity index is 551. The maximum absolute atomic E-state index is 12.6. The Morgan fingerprint density at radius 2 is 1.78 bits per heavy atom. The van der Waals surface area contributed by atoms with Crippen LogP contribution in [0.3, 0.4) is 0 Å². The fraction of sp³-hybridized carbons (Fsp3) is 0.579. The number of likely N-dealkylation sites (tertiary alicyclic amines) is 1. The van der Waals surface area contributed by atoms with Gasteiger partial charge in [0.1, 0.15) is 0 Å². The van der Waals surface area contributed by atoms with Gasteiger partial charge in [0.15, 0.2) is 0 Å². The molecule has 2 aliphatic rings. The minimum atomic E-state index is -0.792. The Balaban J connectivity index is 1.87. The molecule has 1 amide bonds. The Morgan fingerprint density at radius 1 is 1.09 bits per heavy atom. The molecule has 1 aromatic carbocycles. The number of amides is 1. The van der Waals surface area contributed by atoms with Gasteiger partial charge in [0.25, 0.3) is 0 Å². The first kappa shape index (κ1) is 16.0. The monoisotopic (exact) mass is 315 g/mol. The highest BCUT2D eigenvalue weighted by Crippen LogP contribution is 2.38. The largest absolute Gasteiger partial charge is 0.481 e. The zero-order valence-corrected chi connectivity index (χ0v) is 13.5. The van der Waals surface area contributed by atoms with Gasteiger partial charge >= 0.3 is 5.97 Å². The minimum Gasteiger partial charge on any atom is -0.481 e. The summed E-state index contributed by atoms with van der Waals surface area (Å²) in [6, 6.07) is 9.35. The van der Waals surface area contributed by atoms with Crippen LogP contribution in [0, 0.1) is 11.8 Å². The van der Waals surface area contributed by atoms with E-state index < -0.39 is 11.9 Å². The first-order valence-corrected chi connectivity index (χ1v) is 8.74. The molecule has 0 spiro atoms. The molecule has 1 aliphatic heterocycles. The summed E-state index contributed by atoms with van der Waals surface area (Å²) in [5.74, 6) is -0.660. The molecule has 1 N–H and O–H groups in total. The van der Waals surface area contributed by atoms with Crippen LogP contribution in [0.25, 0.3) is 0 Å². The number of carboxylic acid groups (broad SMARTS) is 1. The van der Waals surface area contributed by atoms with Crippen LogP contribution >= 0.6 is 0 Å². The lowest BCUT2D eigenvalue weighted by Gasteiger charge is -2.42. The number of benzene rings is 1. The third-order valence-corrected chi connectivity index (χ3v) is 5.34. The lowest BCUT2D eigenvalue weighted by molar-refractivity contribution is -0.152. The fourth-order valence-corrected chi connectivity index (χ4v) is 4.14. The SMILES string of the molecule is O=C(O)[C@@H]1CCC(=O)N(CC2CCCCC2)[C@H]1c1ccccc1. The van der Waals surface area contributed by atoms with E-state index in [1.165, 1.54) is 19.3 Å². The van der Waals surface area contributed by atoms with E-state index in [-0.39, 0.29) is 11.9 Å². The zero-order chi connectivity index (χ0) is 16.2. The molecule has 2 atom stereocenters. The molecule has 2 fully saturated rings. The second-order valence-corrected chi connectivity index (χ2v) is 6.89. The number of aliphatic carboxylic acids is 1. The number of carboxylic acids is 1. The Hall–Kier alpha value is -1.84. The van der Waals surface area contributed by atoms with E-state index in [9.17, 15) is 14.7 Å². The van der Waals surface area contributed by atoms with Crippen molar-refractivity contribution < 1.29 is 14.7 Å². The van der Waals surface area contributed by atoms with Gasteiger partial charge in [-0.2, -0.15) is 0 Å². The first-order valence-electron chi connectivity index (χ1n) is 8.74. The van der Waals surface area contributed by atoms with E-state index >= 15 is 0 Å². The van der Waals surface area contributed by atoms with Crippen molar-refractivity contribution >= 4 is 11.9 Å². The van der Waals surface area contributed by atoms with Crippen LogP contribution < -0.4 is 0 Å². The van der Waals surface area contributed by atoms with Crippen molar-refractivity contribution in [2.45, 2.75) is 51.0 Å². The van der Waals surface area contributed by atoms with Crippen molar-refractivity contribution in [2.75, 3.05) is 6.54 Å². The smallest absolute Gasteiger partial charge is 0.308 e. The van der Waals surface area contributed by atoms with Crippen LogP contribution in [-0.2, 0) is 9.59 Å². The number of rotatable bonds is 4. The number of hydrogen-bond donors (Lipinski definition) is 1. The summed E-state index contributed by atoms with van der Waals surface area (Å²) in [5.41, 5.74) is 0.948. The quantitative estimate of drug-likeness (QED) is 0.923. The summed E-state index contributed by atoms with van der Waals surface area (Å²) in [7, 11) is 0. The van der Waals surface area contributed by atoms with Crippen LogP contribution in [0.5, 0.6) is 0 Å². The van der Waals surface area contributed by atoms with Crippen LogP contribution in [0.2, 0.25) is 0 Å². The summed E-state index contributed by atoms with van der Waals surface area (Å²) >= 11 is 0. The maximum Gasteiger partial charge on any atom is 0.308 e. The van der Waals surface area contributed by atoms with E-state index in [4.69, 9.17) is 0 Å². The maximum atomic E-state index is 12.6. The van der Waals surface area contributed by atoms with Gasteiger partial charge in [0, 0.05) is 13.0 Å². The molecule has 0 radical (unpaired) electrons. The van der Waals surface area contributed by atoms with E-state index in [1.807, 2.05) is 35.2 Å². The molecule has 1 aliphatic carbocycles. The van der Waals surface area contributed by atoms with Crippen molar-refractivity contribution in [3.05, 3.63) is 35.9 Å². The van der Waals surface area contributed by atoms with Crippen LogP contribution in [0.15, 0.2) is 30.3 Å². The summed E-state index contributed by atoms with van der Waals surface area (Å²) < 4.78 is 0. The molecule has 0 aromatic heterocycles. The first-order chi connectivity index (χ1) is 11.2. The van der Waals surface area contributed by atoms with E-state index in [1.54, 1.807) is 0 Å². The molecular formula is C19H25NO3. The average molecular weight is 315 g/mol. The van der Waals surface area contributed by atoms with Gasteiger partial charge < -0.3 is 10.0 Å². The third-order valence-electron chi connectivity index (χ3n) is 5.34. The Kier molecular flexibility index (Phi) is 4.99. The predicted octanol–water partition coefficient (Wildman–Crippen LogP) is 3.63. The van der Waals surface area contributed by atoms with E-state index in [2.05, 4.69) is 0 Å². The van der Waals surface area contributed by atoms with Crippen molar-refractivity contribution in [1.82, 2.24) is 4.90 Å². The van der Waals surface area contributed by atoms with Gasteiger partial charge in [-0.3, -0.25) is 9.59 Å². The normalized spacial score (nSPS) is 26.3. The molecule has 4 heteroatoms. The number of carbonyl (C=O) groups excluding carboxylic acids is 1. The standard InChI is InChI=1S/C19H25NO3/c21-17-12-11-16(19(22)23)18(15-9-5-2-6-10-15)20(17)13-14-7-3-1-4-8-14/h2,5-6,9-10,14,16,18H,1,3-4,7-8,11-13H2,(H,22,23)/t16-,18+/m1/s1. The van der Waals surface area contributed by atoms with Crippen molar-refractivity contribution in [1.29, 1.82) is 0 Å². The summed E-state index contributed by atoms with van der Waals surface area (Å²) in [4.78, 5) is 26.2. The van der Waals surface area contributed by atoms with E-state index in [0.717, 1.165) is 18.4 Å². The number of piperidine rings is 1. The second-order valence-electron chi connectivity index (χ2n) is 6.89. The van der Waals surface area contributed by atoms with Gasteiger partial charge in [0.2, 0.25) is 5.91 Å². The minimum absolute atomic E-state index is 0.113. The van der Waals surface area contributed by atoms with Crippen LogP contribution in [0.1, 0.15) is 56.6 Å². The molecule has 0 unspecified atom stereocenters. The van der Waals surface area contributed by atoms with Gasteiger partial charge in [-0.25, -0.2) is 0 Å². The molecule has 124 valence electrons. The lowest BCUT2D eigenvalue weighted by Crippen LogP contribution is -2.47. The summed E-state index contributed by atoms with van der Waals surface area (Å²) in [6.45, 7) is 0.710. The highest BCUT2D eigenvalue weighted by atomic mass is 16.4. The Morgan fingerprint density at radius 3 is 2.43 bits per heavy atom. The molecule has 1 saturated heterocycles. The topological polar surface area (TPSA) is 57.6 Å². The molecule has 1 aromatic rings. The number of carbonyl (C=O) groups is 2. The highest BCUT2D eigenvalue weighted by Gasteiger charge is 2.41. The molecular weight excluding hydrogens is 290 g/mol. The van der Waals surface area contributed by atoms with Crippen molar-refractivity contribution in [2.24, 2.45) is 11.8 Å². The van der Waals surface area contributed by atoms with Crippen LogP contribution in [-0.4, -0.2) is 28.4 Å². The van der Waals surface area contributed by atoms with Gasteiger partial charge in [-0.05, 0) is 30.7 Å². The fourth-order valence-electron chi connectivity index (χ4n) is 4.14. The van der Waals surface area contributed by atoms with Gasteiger partial charge in [-0.1, -0.05) is 49.6 Å². The highest BCUT2D eigenvalue weighted by molar-refractivity contribution is 5.81. The Labute approximate surface area is 137 Å². The average Bonchev–Trinajstić information content (AvgIpc) is 2.58. The molecule has 0 bridgehead atoms. The molecule has 3 rings (SSSR count). The van der Waals surface area contributed by atoms with Crippen molar-refractivity contribution in [3.63, 3.8) is 0 Å². The number of nitrogens with zero attached hydrogens (tertiary/aromatic N) is 1. The van der Waals surface area contributed by atoms with Gasteiger partial charge in [-0.15, -0.1) is 0 Å². The van der Waals surface area contributed by atoms with E-state index in [0.29, 0.717) is 25.3 Å². The molecule has 1 saturated carbocycles. The van der Waals surface area contributed by atoms with Crippen molar-refractivity contribution in [3.8, 4) is 0 Å². The predicted molar refractivity (Wildman–Crippen MR) is 87.8 cm³/mol. The summed E-state index contributed by atoms with van der Waals surface area (Å²) in [5, 5.41) is 9.64. The van der Waals surface area contributed by atoms with Gasteiger partial charge in [0.05, 0.1) is 12.0 Å². The lowest BCUT2D eigenvalue weighted by atomic mass is 9.82. The molecule has 4 nitrogen and oxygen atoms in total. The second kappa shape index (κ2) is 7.16. The third kappa shape index (κ3) is 3.57. The van der Waals surface area contributed by atoms with Crippen LogP contribution in [0.4, 0.5) is 0 Å². The zero-order valence-electron chi connectivity index (χ0n) is 13.5. The molecule has 1 heterocycles. The molecule has 23 heavy (non-hydrogen) atoms. The number of hydrogen-bond acceptors (Lipinski definition) is 2.